The highest BCUT2D eigenvalue weighted by molar-refractivity contribution is 5.90. The van der Waals surface area contributed by atoms with E-state index in [1.165, 1.54) is 77.0 Å². The van der Waals surface area contributed by atoms with E-state index >= 15 is 0 Å². The third-order valence-corrected chi connectivity index (χ3v) is 5.55. The van der Waals surface area contributed by atoms with Gasteiger partial charge in [-0.2, -0.15) is 0 Å². The van der Waals surface area contributed by atoms with Gasteiger partial charge in [0.15, 0.2) is 0 Å². The first-order chi connectivity index (χ1) is 14.3. The molecular weight excluding hydrogens is 358 g/mol. The topological polar surface area (TPSA) is 46.2 Å². The number of hydrogen-bond acceptors (Lipinski definition) is 2. The summed E-state index contributed by atoms with van der Waals surface area (Å²) in [5.41, 5.74) is 1.97. The number of carbonyl (C=O) groups is 2. The van der Waals surface area contributed by atoms with Crippen molar-refractivity contribution < 1.29 is 9.59 Å². The van der Waals surface area contributed by atoms with Gasteiger partial charge >= 0.3 is 0 Å². The number of nitrogens with one attached hydrogen (secondary N) is 1. The molecule has 0 spiro atoms. The minimum atomic E-state index is 0.101. The molecule has 0 aliphatic rings. The van der Waals surface area contributed by atoms with Gasteiger partial charge in [0.05, 0.1) is 0 Å². The largest absolute Gasteiger partial charge is 0.326 e. The van der Waals surface area contributed by atoms with Crippen molar-refractivity contribution in [2.75, 3.05) is 5.32 Å². The number of anilines is 1. The van der Waals surface area contributed by atoms with Gasteiger partial charge in [0.1, 0.15) is 6.29 Å². The van der Waals surface area contributed by atoms with Crippen LogP contribution < -0.4 is 5.32 Å². The van der Waals surface area contributed by atoms with Gasteiger partial charge in [0.2, 0.25) is 5.91 Å². The van der Waals surface area contributed by atoms with Crippen LogP contribution in [0.4, 0.5) is 5.69 Å². The van der Waals surface area contributed by atoms with Crippen LogP contribution in [0.5, 0.6) is 0 Å². The Morgan fingerprint density at radius 3 is 1.72 bits per heavy atom. The second-order valence-electron chi connectivity index (χ2n) is 8.30. The molecule has 3 heteroatoms. The first kappa shape index (κ1) is 25.4. The lowest BCUT2D eigenvalue weighted by Crippen LogP contribution is -2.11. The van der Waals surface area contributed by atoms with Crippen molar-refractivity contribution in [2.24, 2.45) is 0 Å². The highest BCUT2D eigenvalue weighted by atomic mass is 16.1. The zero-order valence-electron chi connectivity index (χ0n) is 18.7. The number of benzene rings is 1. The molecular formula is C26H43NO2. The summed E-state index contributed by atoms with van der Waals surface area (Å²) in [6.45, 7) is 2.27. The average Bonchev–Trinajstić information content (AvgIpc) is 2.73. The molecule has 0 heterocycles. The molecule has 1 rings (SSSR count). The van der Waals surface area contributed by atoms with Gasteiger partial charge in [-0.15, -0.1) is 0 Å². The molecule has 1 amide bonds. The molecule has 0 aromatic heterocycles. The number of aryl methyl sites for hydroxylation is 1. The minimum absolute atomic E-state index is 0.101. The van der Waals surface area contributed by atoms with Crippen molar-refractivity contribution in [2.45, 2.75) is 116 Å². The van der Waals surface area contributed by atoms with Crippen molar-refractivity contribution >= 4 is 17.9 Å². The van der Waals surface area contributed by atoms with Gasteiger partial charge in [0.25, 0.3) is 0 Å². The molecule has 0 saturated heterocycles. The van der Waals surface area contributed by atoms with Gasteiger partial charge < -0.3 is 10.1 Å². The molecule has 3 nitrogen and oxygen atoms in total. The zero-order valence-corrected chi connectivity index (χ0v) is 18.7. The normalized spacial score (nSPS) is 10.8. The predicted molar refractivity (Wildman–Crippen MR) is 124 cm³/mol. The maximum absolute atomic E-state index is 12.0. The summed E-state index contributed by atoms with van der Waals surface area (Å²) in [7, 11) is 0. The second kappa shape index (κ2) is 18.4. The number of amides is 1. The van der Waals surface area contributed by atoms with Gasteiger partial charge in [0, 0.05) is 18.5 Å². The van der Waals surface area contributed by atoms with Crippen LogP contribution in [0.3, 0.4) is 0 Å². The highest BCUT2D eigenvalue weighted by Gasteiger charge is 2.03. The molecule has 0 aliphatic carbocycles. The molecule has 164 valence electrons. The van der Waals surface area contributed by atoms with Crippen LogP contribution in [0.2, 0.25) is 0 Å². The molecule has 0 fully saturated rings. The van der Waals surface area contributed by atoms with Crippen molar-refractivity contribution in [1.29, 1.82) is 0 Å². The summed E-state index contributed by atoms with van der Waals surface area (Å²) in [5, 5.41) is 2.96. The van der Waals surface area contributed by atoms with Gasteiger partial charge in [-0.25, -0.2) is 0 Å². The molecule has 0 bridgehead atoms. The fourth-order valence-electron chi connectivity index (χ4n) is 3.68. The highest BCUT2D eigenvalue weighted by Crippen LogP contribution is 2.14. The molecule has 29 heavy (non-hydrogen) atoms. The Bertz CT molecular complexity index is 524. The van der Waals surface area contributed by atoms with Crippen LogP contribution in [0.25, 0.3) is 0 Å². The lowest BCUT2D eigenvalue weighted by Gasteiger charge is -2.06. The number of unbranched alkanes of at least 4 members (excludes halogenated alkanes) is 13. The monoisotopic (exact) mass is 401 g/mol. The molecule has 0 atom stereocenters. The number of hydrogen-bond donors (Lipinski definition) is 1. The summed E-state index contributed by atoms with van der Waals surface area (Å²) in [4.78, 5) is 22.4. The molecule has 0 radical (unpaired) electrons. The van der Waals surface area contributed by atoms with E-state index in [0.717, 1.165) is 36.8 Å². The van der Waals surface area contributed by atoms with E-state index in [2.05, 4.69) is 12.2 Å². The first-order valence-electron chi connectivity index (χ1n) is 12.1. The Kier molecular flexibility index (Phi) is 16.1. The van der Waals surface area contributed by atoms with E-state index < -0.39 is 0 Å². The Morgan fingerprint density at radius 1 is 0.759 bits per heavy atom. The van der Waals surface area contributed by atoms with Crippen LogP contribution in [-0.4, -0.2) is 12.2 Å². The van der Waals surface area contributed by atoms with Crippen LogP contribution in [0.1, 0.15) is 115 Å². The zero-order chi connectivity index (χ0) is 21.0. The summed E-state index contributed by atoms with van der Waals surface area (Å²) in [6.07, 6.45) is 21.5. The molecule has 0 saturated carbocycles. The van der Waals surface area contributed by atoms with Crippen molar-refractivity contribution in [3.05, 3.63) is 29.8 Å². The third kappa shape index (κ3) is 14.9. The van der Waals surface area contributed by atoms with Crippen molar-refractivity contribution in [3.8, 4) is 0 Å². The van der Waals surface area contributed by atoms with Gasteiger partial charge in [-0.1, -0.05) is 103 Å². The molecule has 0 unspecified atom stereocenters. The molecule has 1 N–H and O–H groups in total. The van der Waals surface area contributed by atoms with Gasteiger partial charge in [-0.3, -0.25) is 4.79 Å². The van der Waals surface area contributed by atoms with Crippen molar-refractivity contribution in [3.63, 3.8) is 0 Å². The van der Waals surface area contributed by atoms with Gasteiger partial charge in [-0.05, 0) is 30.5 Å². The fraction of sp³-hybridized carbons (Fsp3) is 0.692. The Balaban J connectivity index is 1.90. The lowest BCUT2D eigenvalue weighted by atomic mass is 10.0. The summed E-state index contributed by atoms with van der Waals surface area (Å²) in [5.74, 6) is 0.101. The first-order valence-corrected chi connectivity index (χ1v) is 12.1. The maximum Gasteiger partial charge on any atom is 0.224 e. The molecule has 1 aromatic carbocycles. The number of rotatable bonds is 19. The molecule has 1 aromatic rings. The summed E-state index contributed by atoms with van der Waals surface area (Å²) >= 11 is 0. The predicted octanol–water partition coefficient (Wildman–Crippen LogP) is 7.63. The number of carbonyl (C=O) groups excluding carboxylic acids is 2. The third-order valence-electron chi connectivity index (χ3n) is 5.55. The average molecular weight is 402 g/mol. The van der Waals surface area contributed by atoms with E-state index in [9.17, 15) is 9.59 Å². The Labute approximate surface area is 179 Å². The van der Waals surface area contributed by atoms with E-state index in [-0.39, 0.29) is 5.91 Å². The SMILES string of the molecule is CCCCCCCCCCCCCCCCC(=O)Nc1ccc(CCC=O)cc1. The smallest absolute Gasteiger partial charge is 0.224 e. The summed E-state index contributed by atoms with van der Waals surface area (Å²) < 4.78 is 0. The van der Waals surface area contributed by atoms with Crippen LogP contribution in [0.15, 0.2) is 24.3 Å². The second-order valence-corrected chi connectivity index (χ2v) is 8.30. The minimum Gasteiger partial charge on any atom is -0.326 e. The quantitative estimate of drug-likeness (QED) is 0.191. The molecule has 0 aliphatic heterocycles. The van der Waals surface area contributed by atoms with Crippen LogP contribution in [0, 0.1) is 0 Å². The maximum atomic E-state index is 12.0. The number of aldehydes is 1. The van der Waals surface area contributed by atoms with Crippen molar-refractivity contribution in [1.82, 2.24) is 0 Å². The van der Waals surface area contributed by atoms with E-state index in [1.54, 1.807) is 0 Å². The van der Waals surface area contributed by atoms with E-state index in [1.807, 2.05) is 24.3 Å². The summed E-state index contributed by atoms with van der Waals surface area (Å²) in [6, 6.07) is 7.80. The standard InChI is InChI=1S/C26H43NO2/c1-2-3-4-5-6-7-8-9-10-11-12-13-14-15-18-26(29)27-25-21-19-24(20-22-25)17-16-23-28/h19-23H,2-18H2,1H3,(H,27,29). The Hall–Kier alpha value is -1.64. The van der Waals surface area contributed by atoms with E-state index in [4.69, 9.17) is 0 Å². The Morgan fingerprint density at radius 2 is 1.24 bits per heavy atom. The lowest BCUT2D eigenvalue weighted by molar-refractivity contribution is -0.116. The van der Waals surface area contributed by atoms with E-state index in [0.29, 0.717) is 12.8 Å². The fourth-order valence-corrected chi connectivity index (χ4v) is 3.68. The van der Waals surface area contributed by atoms with Crippen LogP contribution >= 0.6 is 0 Å². The van der Waals surface area contributed by atoms with Crippen LogP contribution in [-0.2, 0) is 16.0 Å².